The number of carbonyl (C=O) groups excluding carboxylic acids is 2. The Morgan fingerprint density at radius 3 is 2.60 bits per heavy atom. The van der Waals surface area contributed by atoms with Crippen LogP contribution in [0.25, 0.3) is 0 Å². The first-order valence-electron chi connectivity index (χ1n) is 6.03. The molecule has 2 amide bonds. The van der Waals surface area contributed by atoms with Gasteiger partial charge in [-0.1, -0.05) is 18.2 Å². The van der Waals surface area contributed by atoms with E-state index in [4.69, 9.17) is 0 Å². The number of benzene rings is 1. The Kier molecular flexibility index (Phi) is 3.69. The smallest absolute Gasteiger partial charge is 0.346 e. The molecule has 7 heteroatoms. The van der Waals surface area contributed by atoms with Crippen molar-refractivity contribution in [2.24, 2.45) is 0 Å². The number of hydrogen-bond donors (Lipinski definition) is 1. The molecule has 1 aliphatic rings. The lowest BCUT2D eigenvalue weighted by atomic mass is 10.1. The van der Waals surface area contributed by atoms with Gasteiger partial charge in [0.05, 0.1) is 6.04 Å². The zero-order valence-electron chi connectivity index (χ0n) is 10.7. The predicted molar refractivity (Wildman–Crippen MR) is 66.2 cm³/mol. The van der Waals surface area contributed by atoms with Crippen molar-refractivity contribution in [1.29, 1.82) is 0 Å². The second-order valence-electron chi connectivity index (χ2n) is 4.58. The van der Waals surface area contributed by atoms with E-state index in [0.717, 1.165) is 5.56 Å². The molecule has 0 spiro atoms. The van der Waals surface area contributed by atoms with E-state index in [1.54, 1.807) is 18.2 Å². The van der Waals surface area contributed by atoms with Crippen molar-refractivity contribution in [3.8, 4) is 0 Å². The number of hydrogen-bond acceptors (Lipinski definition) is 2. The second-order valence-corrected chi connectivity index (χ2v) is 4.58. The lowest BCUT2D eigenvalue weighted by Crippen LogP contribution is -2.47. The number of alkyl halides is 3. The van der Waals surface area contributed by atoms with Gasteiger partial charge in [0, 0.05) is 19.2 Å². The van der Waals surface area contributed by atoms with Crippen LogP contribution in [0.4, 0.5) is 18.9 Å². The molecule has 0 radical (unpaired) electrons. The number of nitrogens with zero attached hydrogens (tertiary/aromatic N) is 1. The maximum Gasteiger partial charge on any atom is 0.471 e. The highest BCUT2D eigenvalue weighted by Crippen LogP contribution is 2.31. The summed E-state index contributed by atoms with van der Waals surface area (Å²) < 4.78 is 36.4. The van der Waals surface area contributed by atoms with E-state index >= 15 is 0 Å². The molecule has 1 aromatic rings. The molecule has 0 fully saturated rings. The molecular formula is C13H13F3N2O2. The normalized spacial score (nSPS) is 17.8. The predicted octanol–water partition coefficient (Wildman–Crippen LogP) is 1.64. The van der Waals surface area contributed by atoms with Crippen molar-refractivity contribution >= 4 is 17.5 Å². The lowest BCUT2D eigenvalue weighted by molar-refractivity contribution is -0.173. The molecule has 20 heavy (non-hydrogen) atoms. The molecule has 1 N–H and O–H groups in total. The average Bonchev–Trinajstić information content (AvgIpc) is 2.72. The molecule has 1 atom stereocenters. The van der Waals surface area contributed by atoms with Crippen LogP contribution in [0, 0.1) is 0 Å². The highest BCUT2D eigenvalue weighted by molar-refractivity contribution is 5.94. The van der Waals surface area contributed by atoms with E-state index < -0.39 is 18.1 Å². The van der Waals surface area contributed by atoms with E-state index in [-0.39, 0.29) is 12.5 Å². The number of halogens is 3. The van der Waals surface area contributed by atoms with E-state index in [1.165, 1.54) is 11.8 Å². The number of amides is 2. The molecule has 0 saturated heterocycles. The molecule has 1 aromatic carbocycles. The topological polar surface area (TPSA) is 49.4 Å². The van der Waals surface area contributed by atoms with Crippen molar-refractivity contribution in [2.45, 2.75) is 25.6 Å². The third kappa shape index (κ3) is 2.76. The highest BCUT2D eigenvalue weighted by Gasteiger charge is 2.40. The lowest BCUT2D eigenvalue weighted by Gasteiger charge is -2.24. The number of anilines is 1. The Bertz CT molecular complexity index is 543. The fraction of sp³-hybridized carbons (Fsp3) is 0.385. The van der Waals surface area contributed by atoms with E-state index in [1.807, 2.05) is 11.4 Å². The molecule has 0 aromatic heterocycles. The summed E-state index contributed by atoms with van der Waals surface area (Å²) in [6.45, 7) is 1.12. The minimum absolute atomic E-state index is 0.230. The maximum absolute atomic E-state index is 12.1. The zero-order chi connectivity index (χ0) is 14.9. The Balaban J connectivity index is 2.10. The van der Waals surface area contributed by atoms with Gasteiger partial charge in [-0.2, -0.15) is 13.2 Å². The van der Waals surface area contributed by atoms with E-state index in [2.05, 4.69) is 0 Å². The summed E-state index contributed by atoms with van der Waals surface area (Å²) >= 11 is 0. The summed E-state index contributed by atoms with van der Waals surface area (Å²) in [4.78, 5) is 23.9. The second kappa shape index (κ2) is 5.15. The van der Waals surface area contributed by atoms with Gasteiger partial charge in [0.15, 0.2) is 0 Å². The molecule has 0 bridgehead atoms. The van der Waals surface area contributed by atoms with Crippen molar-refractivity contribution < 1.29 is 22.8 Å². The van der Waals surface area contributed by atoms with Crippen LogP contribution in [0.5, 0.6) is 0 Å². The first-order valence-corrected chi connectivity index (χ1v) is 6.03. The number of para-hydroxylation sites is 1. The largest absolute Gasteiger partial charge is 0.471 e. The molecule has 0 aliphatic carbocycles. The van der Waals surface area contributed by atoms with Gasteiger partial charge < -0.3 is 10.2 Å². The minimum Gasteiger partial charge on any atom is -0.346 e. The standard InChI is InChI=1S/C13H13F3N2O2/c1-8(19)18-10(7-17-12(20)13(14,15)16)6-9-4-2-3-5-11(9)18/h2-5,10H,6-7H2,1H3,(H,17,20). The highest BCUT2D eigenvalue weighted by atomic mass is 19.4. The number of fused-ring (bicyclic) bond motifs is 1. The third-order valence-corrected chi connectivity index (χ3v) is 3.17. The Labute approximate surface area is 113 Å². The number of rotatable bonds is 2. The first kappa shape index (κ1) is 14.4. The minimum atomic E-state index is -4.91. The molecule has 108 valence electrons. The van der Waals surface area contributed by atoms with Crippen LogP contribution in [-0.2, 0) is 16.0 Å². The third-order valence-electron chi connectivity index (χ3n) is 3.17. The molecular weight excluding hydrogens is 273 g/mol. The van der Waals surface area contributed by atoms with Crippen LogP contribution in [0.2, 0.25) is 0 Å². The molecule has 4 nitrogen and oxygen atoms in total. The Morgan fingerprint density at radius 1 is 1.35 bits per heavy atom. The number of nitrogens with one attached hydrogen (secondary N) is 1. The van der Waals surface area contributed by atoms with Crippen molar-refractivity contribution in [2.75, 3.05) is 11.4 Å². The summed E-state index contributed by atoms with van der Waals surface area (Å²) in [6.07, 6.45) is -4.49. The molecule has 0 saturated carbocycles. The molecule has 2 rings (SSSR count). The quantitative estimate of drug-likeness (QED) is 0.898. The van der Waals surface area contributed by atoms with Crippen LogP contribution in [0.1, 0.15) is 12.5 Å². The Hall–Kier alpha value is -2.05. The van der Waals surface area contributed by atoms with Gasteiger partial charge >= 0.3 is 12.1 Å². The van der Waals surface area contributed by atoms with Gasteiger partial charge in [-0.25, -0.2) is 0 Å². The summed E-state index contributed by atoms with van der Waals surface area (Å²) in [5.74, 6) is -2.25. The van der Waals surface area contributed by atoms with Crippen LogP contribution >= 0.6 is 0 Å². The van der Waals surface area contributed by atoms with Crippen LogP contribution in [0.3, 0.4) is 0 Å². The monoisotopic (exact) mass is 286 g/mol. The van der Waals surface area contributed by atoms with Gasteiger partial charge in [0.25, 0.3) is 0 Å². The van der Waals surface area contributed by atoms with Crippen LogP contribution in [0.15, 0.2) is 24.3 Å². The van der Waals surface area contributed by atoms with Crippen LogP contribution < -0.4 is 10.2 Å². The van der Waals surface area contributed by atoms with Gasteiger partial charge in [0.2, 0.25) is 5.91 Å². The average molecular weight is 286 g/mol. The van der Waals surface area contributed by atoms with Crippen molar-refractivity contribution in [1.82, 2.24) is 5.32 Å². The van der Waals surface area contributed by atoms with Crippen molar-refractivity contribution in [3.05, 3.63) is 29.8 Å². The fourth-order valence-electron chi connectivity index (χ4n) is 2.36. The van der Waals surface area contributed by atoms with Crippen LogP contribution in [-0.4, -0.2) is 30.6 Å². The summed E-state index contributed by atoms with van der Waals surface area (Å²) in [5, 5.41) is 1.83. The Morgan fingerprint density at radius 2 is 2.00 bits per heavy atom. The summed E-state index contributed by atoms with van der Waals surface area (Å²) in [5.41, 5.74) is 1.57. The number of carbonyl (C=O) groups is 2. The van der Waals surface area contributed by atoms with E-state index in [9.17, 15) is 22.8 Å². The molecule has 1 unspecified atom stereocenters. The van der Waals surface area contributed by atoms with Gasteiger partial charge in [0.1, 0.15) is 0 Å². The van der Waals surface area contributed by atoms with Gasteiger partial charge in [-0.3, -0.25) is 9.59 Å². The maximum atomic E-state index is 12.1. The van der Waals surface area contributed by atoms with E-state index in [0.29, 0.717) is 12.1 Å². The van der Waals surface area contributed by atoms with Crippen molar-refractivity contribution in [3.63, 3.8) is 0 Å². The van der Waals surface area contributed by atoms with Gasteiger partial charge in [-0.05, 0) is 18.1 Å². The first-order chi connectivity index (χ1) is 9.30. The molecule has 1 aliphatic heterocycles. The summed E-state index contributed by atoms with van der Waals surface area (Å²) in [7, 11) is 0. The van der Waals surface area contributed by atoms with Gasteiger partial charge in [-0.15, -0.1) is 0 Å². The summed E-state index contributed by atoms with van der Waals surface area (Å²) in [6, 6.07) is 6.62. The molecule has 1 heterocycles. The fourth-order valence-corrected chi connectivity index (χ4v) is 2.36. The SMILES string of the molecule is CC(=O)N1c2ccccc2CC1CNC(=O)C(F)(F)F. The zero-order valence-corrected chi connectivity index (χ0v) is 10.7.